The summed E-state index contributed by atoms with van der Waals surface area (Å²) in [6.07, 6.45) is 0. The number of hydrogen-bond acceptors (Lipinski definition) is 6. The second kappa shape index (κ2) is 7.17. The number of rotatable bonds is 5. The standard InChI is InChI=1S/C19H20N4O2/c1-13(18-20-19(22-25-18)23(2)3)15-10-7-11-16(12-15)17(21-24)14-8-5-4-6-9-14/h4-13,24H,1-3H3/b21-17+. The van der Waals surface area contributed by atoms with Crippen LogP contribution in [0.15, 0.2) is 64.3 Å². The molecule has 0 aliphatic carbocycles. The monoisotopic (exact) mass is 336 g/mol. The lowest BCUT2D eigenvalue weighted by atomic mass is 9.95. The zero-order chi connectivity index (χ0) is 17.8. The van der Waals surface area contributed by atoms with Crippen LogP contribution in [0.5, 0.6) is 0 Å². The van der Waals surface area contributed by atoms with E-state index in [1.165, 1.54) is 0 Å². The van der Waals surface area contributed by atoms with Gasteiger partial charge in [0.15, 0.2) is 0 Å². The lowest BCUT2D eigenvalue weighted by molar-refractivity contribution is 0.319. The van der Waals surface area contributed by atoms with Crippen LogP contribution in [0.4, 0.5) is 5.95 Å². The van der Waals surface area contributed by atoms with Crippen LogP contribution < -0.4 is 4.90 Å². The predicted octanol–water partition coefficient (Wildman–Crippen LogP) is 3.51. The van der Waals surface area contributed by atoms with Gasteiger partial charge in [0.1, 0.15) is 5.71 Å². The van der Waals surface area contributed by atoms with Crippen molar-refractivity contribution in [3.63, 3.8) is 0 Å². The van der Waals surface area contributed by atoms with Gasteiger partial charge in [-0.2, -0.15) is 4.98 Å². The molecule has 1 aromatic heterocycles. The van der Waals surface area contributed by atoms with Crippen molar-refractivity contribution in [1.82, 2.24) is 10.1 Å². The van der Waals surface area contributed by atoms with Gasteiger partial charge in [-0.15, -0.1) is 0 Å². The summed E-state index contributed by atoms with van der Waals surface area (Å²) in [6, 6.07) is 17.4. The molecule has 0 aliphatic rings. The largest absolute Gasteiger partial charge is 0.410 e. The van der Waals surface area contributed by atoms with Crippen LogP contribution in [0, 0.1) is 0 Å². The highest BCUT2D eigenvalue weighted by atomic mass is 16.5. The Morgan fingerprint density at radius 2 is 1.80 bits per heavy atom. The molecule has 0 saturated heterocycles. The van der Waals surface area contributed by atoms with Crippen LogP contribution in [0.1, 0.15) is 35.4 Å². The van der Waals surface area contributed by atoms with Gasteiger partial charge in [-0.1, -0.05) is 53.7 Å². The average Bonchev–Trinajstić information content (AvgIpc) is 3.13. The van der Waals surface area contributed by atoms with Crippen molar-refractivity contribution < 1.29 is 9.73 Å². The minimum Gasteiger partial charge on any atom is -0.410 e. The molecule has 6 nitrogen and oxygen atoms in total. The Balaban J connectivity index is 1.93. The molecule has 0 spiro atoms. The maximum absolute atomic E-state index is 9.49. The summed E-state index contributed by atoms with van der Waals surface area (Å²) in [5, 5.41) is 16.9. The fraction of sp³-hybridized carbons (Fsp3) is 0.211. The second-order valence-corrected chi connectivity index (χ2v) is 5.99. The first-order chi connectivity index (χ1) is 12.1. The summed E-state index contributed by atoms with van der Waals surface area (Å²) < 4.78 is 5.37. The van der Waals surface area contributed by atoms with Gasteiger partial charge in [-0.3, -0.25) is 0 Å². The second-order valence-electron chi connectivity index (χ2n) is 5.99. The normalized spacial score (nSPS) is 12.8. The Labute approximate surface area is 146 Å². The van der Waals surface area contributed by atoms with Crippen LogP contribution in [-0.2, 0) is 0 Å². The van der Waals surface area contributed by atoms with Gasteiger partial charge in [0.25, 0.3) is 5.95 Å². The minimum atomic E-state index is -0.0723. The van der Waals surface area contributed by atoms with Gasteiger partial charge >= 0.3 is 0 Å². The summed E-state index contributed by atoms with van der Waals surface area (Å²) in [6.45, 7) is 2.00. The number of anilines is 1. The SMILES string of the molecule is CC(c1cccc(/C(=N/O)c2ccccc2)c1)c1nc(N(C)C)no1. The Morgan fingerprint density at radius 1 is 1.08 bits per heavy atom. The third-order valence-corrected chi connectivity index (χ3v) is 4.01. The van der Waals surface area contributed by atoms with Crippen molar-refractivity contribution >= 4 is 11.7 Å². The highest BCUT2D eigenvalue weighted by Gasteiger charge is 2.18. The number of benzene rings is 2. The molecule has 25 heavy (non-hydrogen) atoms. The van der Waals surface area contributed by atoms with E-state index >= 15 is 0 Å². The molecule has 6 heteroatoms. The first kappa shape index (κ1) is 16.7. The molecule has 3 aromatic rings. The highest BCUT2D eigenvalue weighted by Crippen LogP contribution is 2.25. The maximum atomic E-state index is 9.49. The molecule has 0 aliphatic heterocycles. The number of hydrogen-bond donors (Lipinski definition) is 1. The van der Waals surface area contributed by atoms with Gasteiger partial charge in [0.2, 0.25) is 5.89 Å². The zero-order valence-electron chi connectivity index (χ0n) is 14.4. The van der Waals surface area contributed by atoms with E-state index in [-0.39, 0.29) is 5.92 Å². The number of nitrogens with zero attached hydrogens (tertiary/aromatic N) is 4. The molecule has 2 aromatic carbocycles. The van der Waals surface area contributed by atoms with Gasteiger partial charge < -0.3 is 14.6 Å². The van der Waals surface area contributed by atoms with E-state index in [0.717, 1.165) is 16.7 Å². The number of oxime groups is 1. The first-order valence-electron chi connectivity index (χ1n) is 7.99. The Kier molecular flexibility index (Phi) is 4.79. The Hall–Kier alpha value is -3.15. The van der Waals surface area contributed by atoms with Crippen molar-refractivity contribution in [2.75, 3.05) is 19.0 Å². The first-order valence-corrected chi connectivity index (χ1v) is 7.99. The highest BCUT2D eigenvalue weighted by molar-refractivity contribution is 6.12. The topological polar surface area (TPSA) is 74.8 Å². The maximum Gasteiger partial charge on any atom is 0.265 e. The van der Waals surface area contributed by atoms with Crippen LogP contribution in [0.2, 0.25) is 0 Å². The molecule has 0 amide bonds. The van der Waals surface area contributed by atoms with Crippen molar-refractivity contribution in [1.29, 1.82) is 0 Å². The van der Waals surface area contributed by atoms with Gasteiger partial charge in [-0.25, -0.2) is 0 Å². The fourth-order valence-electron chi connectivity index (χ4n) is 2.56. The van der Waals surface area contributed by atoms with Crippen molar-refractivity contribution in [3.8, 4) is 0 Å². The average molecular weight is 336 g/mol. The van der Waals surface area contributed by atoms with Gasteiger partial charge in [0, 0.05) is 25.2 Å². The summed E-state index contributed by atoms with van der Waals surface area (Å²) in [4.78, 5) is 6.20. The van der Waals surface area contributed by atoms with Crippen LogP contribution >= 0.6 is 0 Å². The van der Waals surface area contributed by atoms with Crippen molar-refractivity contribution in [3.05, 3.63) is 77.2 Å². The summed E-state index contributed by atoms with van der Waals surface area (Å²) >= 11 is 0. The lowest BCUT2D eigenvalue weighted by Gasteiger charge is -2.10. The molecule has 128 valence electrons. The molecular weight excluding hydrogens is 316 g/mol. The molecule has 0 bridgehead atoms. The van der Waals surface area contributed by atoms with E-state index in [4.69, 9.17) is 4.52 Å². The zero-order valence-corrected chi connectivity index (χ0v) is 14.4. The molecule has 1 N–H and O–H groups in total. The molecule has 0 fully saturated rings. The third-order valence-electron chi connectivity index (χ3n) is 4.01. The molecule has 0 saturated carbocycles. The van der Waals surface area contributed by atoms with Gasteiger partial charge in [0.05, 0.1) is 5.92 Å². The van der Waals surface area contributed by atoms with E-state index in [1.807, 2.05) is 75.6 Å². The quantitative estimate of drug-likeness (QED) is 0.438. The van der Waals surface area contributed by atoms with Crippen LogP contribution in [0.3, 0.4) is 0 Å². The lowest BCUT2D eigenvalue weighted by Crippen LogP contribution is -2.10. The van der Waals surface area contributed by atoms with E-state index in [2.05, 4.69) is 15.3 Å². The van der Waals surface area contributed by atoms with E-state index < -0.39 is 0 Å². The molecule has 1 atom stereocenters. The fourth-order valence-corrected chi connectivity index (χ4v) is 2.56. The summed E-state index contributed by atoms with van der Waals surface area (Å²) in [5.74, 6) is 1.01. The van der Waals surface area contributed by atoms with Gasteiger partial charge in [-0.05, 0) is 23.7 Å². The minimum absolute atomic E-state index is 0.0723. The third kappa shape index (κ3) is 3.52. The van der Waals surface area contributed by atoms with Crippen LogP contribution in [0.25, 0.3) is 0 Å². The molecular formula is C19H20N4O2. The summed E-state index contributed by atoms with van der Waals surface area (Å²) in [7, 11) is 3.73. The van der Waals surface area contributed by atoms with E-state index in [0.29, 0.717) is 17.6 Å². The van der Waals surface area contributed by atoms with Crippen LogP contribution in [-0.4, -0.2) is 35.2 Å². The Bertz CT molecular complexity index is 872. The number of aromatic nitrogens is 2. The smallest absolute Gasteiger partial charge is 0.265 e. The molecule has 1 unspecified atom stereocenters. The predicted molar refractivity (Wildman–Crippen MR) is 96.5 cm³/mol. The molecule has 0 radical (unpaired) electrons. The Morgan fingerprint density at radius 3 is 2.44 bits per heavy atom. The van der Waals surface area contributed by atoms with E-state index in [9.17, 15) is 5.21 Å². The summed E-state index contributed by atoms with van der Waals surface area (Å²) in [5.41, 5.74) is 3.20. The molecule has 1 heterocycles. The van der Waals surface area contributed by atoms with E-state index in [1.54, 1.807) is 4.90 Å². The van der Waals surface area contributed by atoms with Crippen molar-refractivity contribution in [2.24, 2.45) is 5.16 Å². The van der Waals surface area contributed by atoms with Crippen molar-refractivity contribution in [2.45, 2.75) is 12.8 Å². The molecule has 3 rings (SSSR count).